The van der Waals surface area contributed by atoms with Gasteiger partial charge in [-0.05, 0) is 13.3 Å². The number of hydrogen-bond donors (Lipinski definition) is 1. The van der Waals surface area contributed by atoms with E-state index < -0.39 is 9.84 Å². The van der Waals surface area contributed by atoms with E-state index in [1.54, 1.807) is 0 Å². The van der Waals surface area contributed by atoms with Gasteiger partial charge in [-0.15, -0.1) is 0 Å². The number of carbonyl (C=O) groups excluding carboxylic acids is 1. The number of amides is 1. The number of carbonyl (C=O) groups is 1. The van der Waals surface area contributed by atoms with Crippen molar-refractivity contribution in [3.05, 3.63) is 12.2 Å². The van der Waals surface area contributed by atoms with Crippen LogP contribution >= 0.6 is 0 Å². The molecule has 1 amide bonds. The largest absolute Gasteiger partial charge is 0.375 e. The summed E-state index contributed by atoms with van der Waals surface area (Å²) in [6.45, 7) is 6.85. The fourth-order valence-corrected chi connectivity index (χ4v) is 3.38. The second kappa shape index (κ2) is 6.16. The molecule has 1 N–H and O–H groups in total. The van der Waals surface area contributed by atoms with Crippen molar-refractivity contribution in [2.24, 2.45) is 5.92 Å². The summed E-state index contributed by atoms with van der Waals surface area (Å²) < 4.78 is 27.6. The molecule has 1 fully saturated rings. The Kier molecular flexibility index (Phi) is 5.14. The van der Waals surface area contributed by atoms with E-state index in [0.29, 0.717) is 26.2 Å². The summed E-state index contributed by atoms with van der Waals surface area (Å²) in [5.74, 6) is -0.478. The Morgan fingerprint density at radius 1 is 1.53 bits per heavy atom. The van der Waals surface area contributed by atoms with Crippen molar-refractivity contribution in [1.82, 2.24) is 5.32 Å². The standard InChI is InChI=1S/C11H19NO4S/c1-9(2)7-16-5-4-12-11(13)10-3-6-17(14,15)8-10/h10H,1,3-8H2,2H3,(H,12,13). The van der Waals surface area contributed by atoms with E-state index in [4.69, 9.17) is 4.74 Å². The molecule has 0 aromatic heterocycles. The molecule has 98 valence electrons. The number of nitrogens with one attached hydrogen (secondary N) is 1. The summed E-state index contributed by atoms with van der Waals surface area (Å²) in [6.07, 6.45) is 0.431. The van der Waals surface area contributed by atoms with Gasteiger partial charge in [-0.1, -0.05) is 12.2 Å². The minimum atomic E-state index is -2.99. The van der Waals surface area contributed by atoms with Crippen LogP contribution in [0.1, 0.15) is 13.3 Å². The van der Waals surface area contributed by atoms with Crippen LogP contribution in [0.25, 0.3) is 0 Å². The Labute approximate surface area is 102 Å². The minimum absolute atomic E-state index is 0.0224. The maximum atomic E-state index is 11.6. The first-order valence-electron chi connectivity index (χ1n) is 5.61. The summed E-state index contributed by atoms with van der Waals surface area (Å²) in [7, 11) is -2.99. The molecular formula is C11H19NO4S. The van der Waals surface area contributed by atoms with E-state index in [-0.39, 0.29) is 23.3 Å². The molecule has 0 bridgehead atoms. The second-order valence-electron chi connectivity index (χ2n) is 4.40. The van der Waals surface area contributed by atoms with Gasteiger partial charge in [-0.25, -0.2) is 8.42 Å². The second-order valence-corrected chi connectivity index (χ2v) is 6.63. The van der Waals surface area contributed by atoms with Gasteiger partial charge in [0.25, 0.3) is 0 Å². The molecule has 1 aliphatic heterocycles. The average molecular weight is 261 g/mol. The molecular weight excluding hydrogens is 242 g/mol. The Hall–Kier alpha value is -0.880. The van der Waals surface area contributed by atoms with Crippen LogP contribution in [-0.2, 0) is 19.4 Å². The maximum absolute atomic E-state index is 11.6. The fourth-order valence-electron chi connectivity index (χ4n) is 1.64. The highest BCUT2D eigenvalue weighted by atomic mass is 32.2. The van der Waals surface area contributed by atoms with E-state index >= 15 is 0 Å². The summed E-state index contributed by atoms with van der Waals surface area (Å²) in [5, 5.41) is 2.68. The highest BCUT2D eigenvalue weighted by Crippen LogP contribution is 2.18. The smallest absolute Gasteiger partial charge is 0.224 e. The molecule has 0 aliphatic carbocycles. The van der Waals surface area contributed by atoms with Crippen molar-refractivity contribution in [2.75, 3.05) is 31.3 Å². The fraction of sp³-hybridized carbons (Fsp3) is 0.727. The third kappa shape index (κ3) is 5.32. The number of ether oxygens (including phenoxy) is 1. The Bertz CT molecular complexity index is 388. The molecule has 0 saturated carbocycles. The first kappa shape index (κ1) is 14.2. The summed E-state index contributed by atoms with van der Waals surface area (Å²) in [4.78, 5) is 11.6. The van der Waals surface area contributed by atoms with Crippen LogP contribution in [0.4, 0.5) is 0 Å². The molecule has 1 atom stereocenters. The van der Waals surface area contributed by atoms with Crippen molar-refractivity contribution in [3.63, 3.8) is 0 Å². The highest BCUT2D eigenvalue weighted by molar-refractivity contribution is 7.91. The molecule has 0 aromatic carbocycles. The quantitative estimate of drug-likeness (QED) is 0.545. The summed E-state index contributed by atoms with van der Waals surface area (Å²) in [6, 6.07) is 0. The maximum Gasteiger partial charge on any atom is 0.224 e. The van der Waals surface area contributed by atoms with Crippen LogP contribution in [0.2, 0.25) is 0 Å². The van der Waals surface area contributed by atoms with Gasteiger partial charge in [-0.2, -0.15) is 0 Å². The lowest BCUT2D eigenvalue weighted by Gasteiger charge is -2.09. The lowest BCUT2D eigenvalue weighted by atomic mass is 10.1. The molecule has 1 unspecified atom stereocenters. The van der Waals surface area contributed by atoms with E-state index in [9.17, 15) is 13.2 Å². The van der Waals surface area contributed by atoms with Crippen molar-refractivity contribution < 1.29 is 17.9 Å². The zero-order valence-corrected chi connectivity index (χ0v) is 10.9. The van der Waals surface area contributed by atoms with Gasteiger partial charge < -0.3 is 10.1 Å². The van der Waals surface area contributed by atoms with E-state index in [0.717, 1.165) is 5.57 Å². The van der Waals surface area contributed by atoms with Crippen LogP contribution < -0.4 is 5.32 Å². The van der Waals surface area contributed by atoms with Gasteiger partial charge in [0.1, 0.15) is 0 Å². The summed E-state index contributed by atoms with van der Waals surface area (Å²) in [5.41, 5.74) is 0.929. The SMILES string of the molecule is C=C(C)COCCNC(=O)C1CCS(=O)(=O)C1. The molecule has 0 aromatic rings. The first-order valence-corrected chi connectivity index (χ1v) is 7.43. The Morgan fingerprint density at radius 2 is 2.24 bits per heavy atom. The topological polar surface area (TPSA) is 72.5 Å². The predicted molar refractivity (Wildman–Crippen MR) is 65.4 cm³/mol. The van der Waals surface area contributed by atoms with Crippen LogP contribution in [-0.4, -0.2) is 45.6 Å². The molecule has 1 saturated heterocycles. The number of sulfone groups is 1. The van der Waals surface area contributed by atoms with Gasteiger partial charge in [0.2, 0.25) is 5.91 Å². The summed E-state index contributed by atoms with van der Waals surface area (Å²) >= 11 is 0. The highest BCUT2D eigenvalue weighted by Gasteiger charge is 2.32. The molecule has 0 radical (unpaired) electrons. The number of hydrogen-bond acceptors (Lipinski definition) is 4. The first-order chi connectivity index (χ1) is 7.91. The molecule has 1 rings (SSSR count). The minimum Gasteiger partial charge on any atom is -0.375 e. The zero-order chi connectivity index (χ0) is 12.9. The van der Waals surface area contributed by atoms with Crippen LogP contribution in [0.3, 0.4) is 0 Å². The molecule has 0 spiro atoms. The van der Waals surface area contributed by atoms with Gasteiger partial charge in [0.05, 0.1) is 30.6 Å². The van der Waals surface area contributed by atoms with Gasteiger partial charge in [0, 0.05) is 6.54 Å². The molecule has 6 heteroatoms. The van der Waals surface area contributed by atoms with E-state index in [1.807, 2.05) is 6.92 Å². The third-order valence-electron chi connectivity index (χ3n) is 2.50. The van der Waals surface area contributed by atoms with Gasteiger partial charge in [-0.3, -0.25) is 4.79 Å². The lowest BCUT2D eigenvalue weighted by Crippen LogP contribution is -2.33. The average Bonchev–Trinajstić information content (AvgIpc) is 2.57. The predicted octanol–water partition coefficient (Wildman–Crippen LogP) is 0.130. The van der Waals surface area contributed by atoms with E-state index in [1.165, 1.54) is 0 Å². The van der Waals surface area contributed by atoms with E-state index in [2.05, 4.69) is 11.9 Å². The van der Waals surface area contributed by atoms with Crippen LogP contribution in [0, 0.1) is 5.92 Å². The van der Waals surface area contributed by atoms with Crippen LogP contribution in [0.5, 0.6) is 0 Å². The van der Waals surface area contributed by atoms with Gasteiger partial charge in [0.15, 0.2) is 9.84 Å². The van der Waals surface area contributed by atoms with Crippen molar-refractivity contribution in [3.8, 4) is 0 Å². The number of rotatable bonds is 6. The molecule has 17 heavy (non-hydrogen) atoms. The lowest BCUT2D eigenvalue weighted by molar-refractivity contribution is -0.124. The zero-order valence-electron chi connectivity index (χ0n) is 10.1. The normalized spacial score (nSPS) is 22.3. The van der Waals surface area contributed by atoms with Gasteiger partial charge >= 0.3 is 0 Å². The molecule has 5 nitrogen and oxygen atoms in total. The molecule has 1 heterocycles. The van der Waals surface area contributed by atoms with Crippen molar-refractivity contribution in [1.29, 1.82) is 0 Å². The molecule has 1 aliphatic rings. The van der Waals surface area contributed by atoms with Crippen LogP contribution in [0.15, 0.2) is 12.2 Å². The Balaban J connectivity index is 2.16. The monoisotopic (exact) mass is 261 g/mol. The van der Waals surface area contributed by atoms with Crippen molar-refractivity contribution >= 4 is 15.7 Å². The van der Waals surface area contributed by atoms with Crippen molar-refractivity contribution in [2.45, 2.75) is 13.3 Å². The Morgan fingerprint density at radius 3 is 2.76 bits per heavy atom. The third-order valence-corrected chi connectivity index (χ3v) is 4.27.